The first-order valence-electron chi connectivity index (χ1n) is 4.79. The van der Waals surface area contributed by atoms with Crippen LogP contribution in [0.25, 0.3) is 5.13 Å². The second-order valence-electron chi connectivity index (χ2n) is 3.03. The lowest BCUT2D eigenvalue weighted by molar-refractivity contribution is 0.0694. The van der Waals surface area contributed by atoms with E-state index in [4.69, 9.17) is 10.8 Å². The lowest BCUT2D eigenvalue weighted by atomic mass is 10.3. The van der Waals surface area contributed by atoms with Crippen molar-refractivity contribution < 1.29 is 9.90 Å². The Bertz CT molecular complexity index is 535. The Balaban J connectivity index is 2.56. The van der Waals surface area contributed by atoms with E-state index >= 15 is 0 Å². The molecule has 0 aliphatic carbocycles. The van der Waals surface area contributed by atoms with Gasteiger partial charge in [0.15, 0.2) is 0 Å². The van der Waals surface area contributed by atoms with Crippen LogP contribution in [0.3, 0.4) is 0 Å². The number of thiazole rings is 1. The molecule has 0 radical (unpaired) electrons. The molecule has 3 N–H and O–H groups in total. The molecule has 2 aromatic heterocycles. The fourth-order valence-electron chi connectivity index (χ4n) is 1.32. The van der Waals surface area contributed by atoms with Gasteiger partial charge in [0.05, 0.1) is 0 Å². The number of hydrogen-bond acceptors (Lipinski definition) is 6. The third-order valence-electron chi connectivity index (χ3n) is 1.98. The lowest BCUT2D eigenvalue weighted by Crippen LogP contribution is -2.05. The summed E-state index contributed by atoms with van der Waals surface area (Å²) in [5, 5.41) is 16.1. The van der Waals surface area contributed by atoms with Crippen LogP contribution < -0.4 is 5.73 Å². The van der Waals surface area contributed by atoms with E-state index in [1.807, 2.05) is 6.92 Å². The number of nitrogen functional groups attached to an aromatic ring is 1. The molecule has 0 spiro atoms. The van der Waals surface area contributed by atoms with Crippen molar-refractivity contribution in [3.63, 3.8) is 0 Å². The number of hydrogen-bond donors (Lipinski definition) is 2. The molecule has 0 aliphatic heterocycles. The van der Waals surface area contributed by atoms with Gasteiger partial charge in [0.25, 0.3) is 0 Å². The van der Waals surface area contributed by atoms with Crippen LogP contribution in [0.4, 0.5) is 5.82 Å². The molecule has 0 amide bonds. The Morgan fingerprint density at radius 2 is 2.47 bits per heavy atom. The summed E-state index contributed by atoms with van der Waals surface area (Å²) < 4.78 is 1.37. The van der Waals surface area contributed by atoms with E-state index in [1.54, 1.807) is 11.6 Å². The van der Waals surface area contributed by atoms with E-state index in [9.17, 15) is 4.79 Å². The Labute approximate surface area is 105 Å². The maximum atomic E-state index is 11.1. The van der Waals surface area contributed by atoms with Gasteiger partial charge in [-0.1, -0.05) is 6.92 Å². The van der Waals surface area contributed by atoms with Gasteiger partial charge < -0.3 is 10.8 Å². The first kappa shape index (κ1) is 11.9. The van der Waals surface area contributed by atoms with Crippen molar-refractivity contribution in [3.05, 3.63) is 17.1 Å². The topological polar surface area (TPSA) is 94.0 Å². The molecular weight excluding hydrogens is 260 g/mol. The Morgan fingerprint density at radius 1 is 1.71 bits per heavy atom. The van der Waals surface area contributed by atoms with Crippen LogP contribution in [0, 0.1) is 0 Å². The van der Waals surface area contributed by atoms with Crippen LogP contribution in [0.5, 0.6) is 0 Å². The van der Waals surface area contributed by atoms with Gasteiger partial charge in [0.2, 0.25) is 5.13 Å². The molecule has 0 saturated carbocycles. The molecule has 0 unspecified atom stereocenters. The highest BCUT2D eigenvalue weighted by molar-refractivity contribution is 7.99. The number of aromatic nitrogens is 3. The molecule has 17 heavy (non-hydrogen) atoms. The van der Waals surface area contributed by atoms with Crippen LogP contribution in [0.1, 0.15) is 17.3 Å². The van der Waals surface area contributed by atoms with E-state index in [-0.39, 0.29) is 11.4 Å². The average molecular weight is 270 g/mol. The molecule has 0 bridgehead atoms. The van der Waals surface area contributed by atoms with Crippen LogP contribution in [-0.2, 0) is 0 Å². The summed E-state index contributed by atoms with van der Waals surface area (Å²) in [6.45, 7) is 1.93. The number of carboxylic acids is 1. The van der Waals surface area contributed by atoms with Crippen molar-refractivity contribution in [3.8, 4) is 5.13 Å². The summed E-state index contributed by atoms with van der Waals surface area (Å²) in [7, 11) is 0. The monoisotopic (exact) mass is 270 g/mol. The number of rotatable bonds is 4. The standard InChI is InChI=1S/C9H10N4O2S2/c1-2-16-7-5(8(14)15)6(10)13(12-7)9-11-3-4-17-9/h3-4H,2,10H2,1H3,(H,14,15). The number of nitrogens with two attached hydrogens (primary N) is 1. The molecule has 90 valence electrons. The predicted molar refractivity (Wildman–Crippen MR) is 67.0 cm³/mol. The first-order chi connectivity index (χ1) is 8.15. The molecule has 8 heteroatoms. The number of carboxylic acid groups (broad SMARTS) is 1. The molecule has 0 aromatic carbocycles. The zero-order valence-corrected chi connectivity index (χ0v) is 10.6. The Kier molecular flexibility index (Phi) is 3.34. The largest absolute Gasteiger partial charge is 0.477 e. The third-order valence-corrected chi connectivity index (χ3v) is 3.58. The van der Waals surface area contributed by atoms with E-state index in [2.05, 4.69) is 10.1 Å². The van der Waals surface area contributed by atoms with E-state index in [0.717, 1.165) is 5.75 Å². The van der Waals surface area contributed by atoms with Crippen molar-refractivity contribution in [2.45, 2.75) is 11.9 Å². The summed E-state index contributed by atoms with van der Waals surface area (Å²) in [5.41, 5.74) is 5.85. The Morgan fingerprint density at radius 3 is 3.00 bits per heavy atom. The molecule has 2 aromatic rings. The zero-order valence-electron chi connectivity index (χ0n) is 8.95. The zero-order chi connectivity index (χ0) is 12.4. The van der Waals surface area contributed by atoms with Crippen LogP contribution in [0.2, 0.25) is 0 Å². The molecule has 0 atom stereocenters. The predicted octanol–water partition coefficient (Wildman–Crippen LogP) is 1.72. The van der Waals surface area contributed by atoms with Gasteiger partial charge in [-0.2, -0.15) is 9.78 Å². The normalized spacial score (nSPS) is 10.6. The summed E-state index contributed by atoms with van der Waals surface area (Å²) in [4.78, 5) is 15.2. The number of thioether (sulfide) groups is 1. The van der Waals surface area contributed by atoms with Crippen molar-refractivity contribution >= 4 is 34.9 Å². The molecular formula is C9H10N4O2S2. The van der Waals surface area contributed by atoms with Crippen LogP contribution in [0.15, 0.2) is 16.6 Å². The van der Waals surface area contributed by atoms with Gasteiger partial charge in [0, 0.05) is 11.6 Å². The summed E-state index contributed by atoms with van der Waals surface area (Å²) >= 11 is 2.70. The summed E-state index contributed by atoms with van der Waals surface area (Å²) in [6, 6.07) is 0. The fourth-order valence-corrected chi connectivity index (χ4v) is 2.67. The molecule has 0 fully saturated rings. The van der Waals surface area contributed by atoms with E-state index in [0.29, 0.717) is 10.2 Å². The SMILES string of the molecule is CCSc1nn(-c2nccs2)c(N)c1C(=O)O. The first-order valence-corrected chi connectivity index (χ1v) is 6.66. The van der Waals surface area contributed by atoms with Gasteiger partial charge in [0.1, 0.15) is 16.4 Å². The number of anilines is 1. The molecule has 0 saturated heterocycles. The van der Waals surface area contributed by atoms with Crippen LogP contribution in [-0.4, -0.2) is 31.6 Å². The maximum Gasteiger partial charge on any atom is 0.342 e. The van der Waals surface area contributed by atoms with Gasteiger partial charge >= 0.3 is 5.97 Å². The second-order valence-corrected chi connectivity index (χ2v) is 5.16. The summed E-state index contributed by atoms with van der Waals surface area (Å²) in [6.07, 6.45) is 1.62. The van der Waals surface area contributed by atoms with Crippen molar-refractivity contribution in [1.29, 1.82) is 0 Å². The van der Waals surface area contributed by atoms with E-state index < -0.39 is 5.97 Å². The number of nitrogens with zero attached hydrogens (tertiary/aromatic N) is 3. The minimum absolute atomic E-state index is 0.0482. The maximum absolute atomic E-state index is 11.1. The highest BCUT2D eigenvalue weighted by atomic mass is 32.2. The average Bonchev–Trinajstić information content (AvgIpc) is 2.86. The molecule has 6 nitrogen and oxygen atoms in total. The summed E-state index contributed by atoms with van der Waals surface area (Å²) in [5.74, 6) is -0.223. The highest BCUT2D eigenvalue weighted by Gasteiger charge is 2.23. The molecule has 2 heterocycles. The van der Waals surface area contributed by atoms with Crippen LogP contribution >= 0.6 is 23.1 Å². The highest BCUT2D eigenvalue weighted by Crippen LogP contribution is 2.28. The minimum Gasteiger partial charge on any atom is -0.477 e. The van der Waals surface area contributed by atoms with Crippen molar-refractivity contribution in [1.82, 2.24) is 14.8 Å². The van der Waals surface area contributed by atoms with Gasteiger partial charge in [-0.25, -0.2) is 9.78 Å². The molecule has 0 aliphatic rings. The van der Waals surface area contributed by atoms with Gasteiger partial charge in [-0.15, -0.1) is 23.1 Å². The quantitative estimate of drug-likeness (QED) is 0.821. The molecule has 2 rings (SSSR count). The van der Waals surface area contributed by atoms with Crippen molar-refractivity contribution in [2.24, 2.45) is 0 Å². The van der Waals surface area contributed by atoms with Gasteiger partial charge in [-0.05, 0) is 5.75 Å². The van der Waals surface area contributed by atoms with Gasteiger partial charge in [-0.3, -0.25) is 0 Å². The Hall–Kier alpha value is -1.54. The number of aromatic carboxylic acids is 1. The fraction of sp³-hybridized carbons (Fsp3) is 0.222. The third kappa shape index (κ3) is 2.13. The van der Waals surface area contributed by atoms with E-state index in [1.165, 1.54) is 27.8 Å². The minimum atomic E-state index is -1.07. The van der Waals surface area contributed by atoms with Crippen molar-refractivity contribution in [2.75, 3.05) is 11.5 Å². The lowest BCUT2D eigenvalue weighted by Gasteiger charge is -1.97. The smallest absolute Gasteiger partial charge is 0.342 e. The second kappa shape index (κ2) is 4.76. The number of carbonyl (C=O) groups is 1.